The Hall–Kier alpha value is -1.48. The van der Waals surface area contributed by atoms with Crippen molar-refractivity contribution in [1.29, 1.82) is 0 Å². The maximum Gasteiger partial charge on any atom is 0.179 e. The molecule has 0 fully saturated rings. The number of aryl methyl sites for hydroxylation is 5. The van der Waals surface area contributed by atoms with Crippen molar-refractivity contribution in [3.8, 4) is 0 Å². The Bertz CT molecular complexity index is 617. The van der Waals surface area contributed by atoms with E-state index in [1.807, 2.05) is 13.8 Å². The lowest BCUT2D eigenvalue weighted by molar-refractivity contribution is 0.0995. The highest BCUT2D eigenvalue weighted by Crippen LogP contribution is 2.22. The summed E-state index contributed by atoms with van der Waals surface area (Å²) in [5.41, 5.74) is 5.65. The van der Waals surface area contributed by atoms with Gasteiger partial charge in [-0.1, -0.05) is 17.7 Å². The quantitative estimate of drug-likeness (QED) is 0.788. The molecular weight excluding hydrogens is 254 g/mol. The normalized spacial score (nSPS) is 10.8. The monoisotopic (exact) mass is 273 g/mol. The zero-order valence-corrected chi connectivity index (χ0v) is 12.9. The first kappa shape index (κ1) is 13.9. The summed E-state index contributed by atoms with van der Waals surface area (Å²) < 4.78 is 0. The molecule has 0 atom stereocenters. The molecule has 2 nitrogen and oxygen atoms in total. The van der Waals surface area contributed by atoms with E-state index in [-0.39, 0.29) is 5.78 Å². The molecular formula is C16H19NOS. The smallest absolute Gasteiger partial charge is 0.179 e. The van der Waals surface area contributed by atoms with E-state index in [1.54, 1.807) is 0 Å². The number of benzene rings is 1. The molecule has 0 amide bonds. The Morgan fingerprint density at radius 2 is 1.68 bits per heavy atom. The van der Waals surface area contributed by atoms with Crippen molar-refractivity contribution < 1.29 is 4.79 Å². The molecule has 0 N–H and O–H groups in total. The van der Waals surface area contributed by atoms with E-state index in [0.29, 0.717) is 6.42 Å². The number of Topliss-reactive ketones (excluding diaryl/α,β-unsaturated/α-hetero) is 1. The van der Waals surface area contributed by atoms with Crippen molar-refractivity contribution in [3.63, 3.8) is 0 Å². The number of nitrogens with zero attached hydrogens (tertiary/aromatic N) is 1. The Balaban J connectivity index is 2.32. The van der Waals surface area contributed by atoms with E-state index in [9.17, 15) is 4.79 Å². The van der Waals surface area contributed by atoms with Crippen LogP contribution in [0.15, 0.2) is 12.1 Å². The summed E-state index contributed by atoms with van der Waals surface area (Å²) in [6.45, 7) is 10.1. The maximum atomic E-state index is 12.4. The van der Waals surface area contributed by atoms with Crippen LogP contribution in [-0.2, 0) is 6.42 Å². The van der Waals surface area contributed by atoms with Gasteiger partial charge >= 0.3 is 0 Å². The standard InChI is InChI=1S/C16H19NOS/c1-9-6-10(2)14(11(3)7-9)8-15(18)16-12(4)17-13(5)19-16/h6-7H,8H2,1-5H3. The molecule has 0 spiro atoms. The van der Waals surface area contributed by atoms with Gasteiger partial charge in [0.15, 0.2) is 5.78 Å². The number of thiazole rings is 1. The van der Waals surface area contributed by atoms with Gasteiger partial charge in [-0.25, -0.2) is 4.98 Å². The minimum atomic E-state index is 0.179. The van der Waals surface area contributed by atoms with E-state index < -0.39 is 0 Å². The second kappa shape index (κ2) is 5.25. The fraction of sp³-hybridized carbons (Fsp3) is 0.375. The topological polar surface area (TPSA) is 30.0 Å². The molecule has 1 aromatic heterocycles. The van der Waals surface area contributed by atoms with Crippen LogP contribution in [0.3, 0.4) is 0 Å². The maximum absolute atomic E-state index is 12.4. The Kier molecular flexibility index (Phi) is 3.85. The molecule has 0 aliphatic carbocycles. The summed E-state index contributed by atoms with van der Waals surface area (Å²) in [5, 5.41) is 0.957. The first-order chi connectivity index (χ1) is 8.88. The van der Waals surface area contributed by atoms with Crippen LogP contribution in [0.25, 0.3) is 0 Å². The van der Waals surface area contributed by atoms with Gasteiger partial charge in [0.25, 0.3) is 0 Å². The summed E-state index contributed by atoms with van der Waals surface area (Å²) in [7, 11) is 0. The van der Waals surface area contributed by atoms with Crippen LogP contribution in [-0.4, -0.2) is 10.8 Å². The third kappa shape index (κ3) is 2.92. The van der Waals surface area contributed by atoms with Crippen molar-refractivity contribution in [2.45, 2.75) is 41.0 Å². The summed E-state index contributed by atoms with van der Waals surface area (Å²) in [6, 6.07) is 4.28. The fourth-order valence-electron chi connectivity index (χ4n) is 2.52. The number of carbonyl (C=O) groups is 1. The first-order valence-electron chi connectivity index (χ1n) is 6.42. The van der Waals surface area contributed by atoms with E-state index in [1.165, 1.54) is 28.0 Å². The molecule has 2 aromatic rings. The first-order valence-corrected chi connectivity index (χ1v) is 7.24. The van der Waals surface area contributed by atoms with E-state index in [4.69, 9.17) is 0 Å². The number of carbonyl (C=O) groups excluding carboxylic acids is 1. The lowest BCUT2D eigenvalue weighted by Gasteiger charge is -2.10. The van der Waals surface area contributed by atoms with Crippen LogP contribution >= 0.6 is 11.3 Å². The van der Waals surface area contributed by atoms with Crippen molar-refractivity contribution in [3.05, 3.63) is 50.0 Å². The van der Waals surface area contributed by atoms with Crippen molar-refractivity contribution in [1.82, 2.24) is 4.98 Å². The van der Waals surface area contributed by atoms with Crippen LogP contribution in [0.5, 0.6) is 0 Å². The lowest BCUT2D eigenvalue weighted by Crippen LogP contribution is -2.06. The third-order valence-corrected chi connectivity index (χ3v) is 4.45. The third-order valence-electron chi connectivity index (χ3n) is 3.33. The summed E-state index contributed by atoms with van der Waals surface area (Å²) >= 11 is 1.50. The average Bonchev–Trinajstić information content (AvgIpc) is 2.62. The second-order valence-corrected chi connectivity index (χ2v) is 6.33. The van der Waals surface area contributed by atoms with Crippen LogP contribution in [0.1, 0.15) is 42.6 Å². The molecule has 0 radical (unpaired) electrons. The number of hydrogen-bond acceptors (Lipinski definition) is 3. The van der Waals surface area contributed by atoms with Gasteiger partial charge in [0.1, 0.15) is 0 Å². The van der Waals surface area contributed by atoms with E-state index >= 15 is 0 Å². The largest absolute Gasteiger partial charge is 0.293 e. The Morgan fingerprint density at radius 3 is 2.16 bits per heavy atom. The highest BCUT2D eigenvalue weighted by molar-refractivity contribution is 7.13. The average molecular weight is 273 g/mol. The van der Waals surface area contributed by atoms with E-state index in [0.717, 1.165) is 21.1 Å². The van der Waals surface area contributed by atoms with Gasteiger partial charge in [-0.2, -0.15) is 0 Å². The van der Waals surface area contributed by atoms with Gasteiger partial charge in [0.05, 0.1) is 15.6 Å². The fourth-order valence-corrected chi connectivity index (χ4v) is 3.38. The molecule has 1 heterocycles. The predicted molar refractivity (Wildman–Crippen MR) is 80.3 cm³/mol. The number of ketones is 1. The zero-order valence-electron chi connectivity index (χ0n) is 12.1. The van der Waals surface area contributed by atoms with Crippen molar-refractivity contribution >= 4 is 17.1 Å². The van der Waals surface area contributed by atoms with Crippen LogP contribution in [0.2, 0.25) is 0 Å². The molecule has 100 valence electrons. The molecule has 0 unspecified atom stereocenters. The van der Waals surface area contributed by atoms with Crippen molar-refractivity contribution in [2.75, 3.05) is 0 Å². The Morgan fingerprint density at radius 1 is 1.11 bits per heavy atom. The highest BCUT2D eigenvalue weighted by Gasteiger charge is 2.16. The molecule has 1 aromatic carbocycles. The van der Waals surface area contributed by atoms with Gasteiger partial charge in [-0.05, 0) is 51.3 Å². The second-order valence-electron chi connectivity index (χ2n) is 5.12. The summed E-state index contributed by atoms with van der Waals surface area (Å²) in [6.07, 6.45) is 0.473. The number of hydrogen-bond donors (Lipinski definition) is 0. The molecule has 2 rings (SSSR count). The SMILES string of the molecule is Cc1cc(C)c(CC(=O)c2sc(C)nc2C)c(C)c1. The molecule has 0 aliphatic rings. The summed E-state index contributed by atoms with van der Waals surface area (Å²) in [4.78, 5) is 17.5. The number of rotatable bonds is 3. The summed E-state index contributed by atoms with van der Waals surface area (Å²) in [5.74, 6) is 0.179. The predicted octanol–water partition coefficient (Wildman–Crippen LogP) is 4.11. The Labute approximate surface area is 118 Å². The molecule has 0 aliphatic heterocycles. The van der Waals surface area contributed by atoms with Gasteiger partial charge < -0.3 is 0 Å². The van der Waals surface area contributed by atoms with Gasteiger partial charge in [0.2, 0.25) is 0 Å². The molecule has 0 saturated carbocycles. The van der Waals surface area contributed by atoms with Gasteiger partial charge in [-0.15, -0.1) is 11.3 Å². The molecule has 0 saturated heterocycles. The van der Waals surface area contributed by atoms with Gasteiger partial charge in [-0.3, -0.25) is 4.79 Å². The lowest BCUT2D eigenvalue weighted by atomic mass is 9.95. The van der Waals surface area contributed by atoms with Crippen LogP contribution in [0, 0.1) is 34.6 Å². The molecule has 3 heteroatoms. The van der Waals surface area contributed by atoms with Gasteiger partial charge in [0, 0.05) is 6.42 Å². The highest BCUT2D eigenvalue weighted by atomic mass is 32.1. The minimum absolute atomic E-state index is 0.179. The van der Waals surface area contributed by atoms with E-state index in [2.05, 4.69) is 37.9 Å². The van der Waals surface area contributed by atoms with Crippen LogP contribution in [0.4, 0.5) is 0 Å². The molecule has 19 heavy (non-hydrogen) atoms. The minimum Gasteiger partial charge on any atom is -0.293 e. The molecule has 0 bridgehead atoms. The van der Waals surface area contributed by atoms with Crippen LogP contribution < -0.4 is 0 Å². The van der Waals surface area contributed by atoms with Crippen molar-refractivity contribution in [2.24, 2.45) is 0 Å². The zero-order chi connectivity index (χ0) is 14.2. The number of aromatic nitrogens is 1.